The van der Waals surface area contributed by atoms with Crippen LogP contribution in [0.2, 0.25) is 5.02 Å². The summed E-state index contributed by atoms with van der Waals surface area (Å²) in [7, 11) is 0.0558. The number of hydrogen-bond donors (Lipinski definition) is 5. The number of halogens is 1. The van der Waals surface area contributed by atoms with E-state index in [1.165, 1.54) is 0 Å². The SMILES string of the molecule is COc1ccc2c(c1)C(c1ccc(Cl)cc1)=NC(CC(=O)NCCOc1cccc(B(O)O)c1)C1NNC(C)N21. The van der Waals surface area contributed by atoms with Gasteiger partial charge in [0.05, 0.1) is 38.0 Å². The first-order valence-electron chi connectivity index (χ1n) is 13.0. The molecule has 0 saturated carbocycles. The van der Waals surface area contributed by atoms with E-state index in [-0.39, 0.29) is 37.8 Å². The van der Waals surface area contributed by atoms with Crippen LogP contribution in [-0.4, -0.2) is 67.4 Å². The fraction of sp³-hybridized carbons (Fsp3) is 0.286. The van der Waals surface area contributed by atoms with Gasteiger partial charge in [0.25, 0.3) is 0 Å². The molecule has 1 amide bonds. The van der Waals surface area contributed by atoms with Gasteiger partial charge in [-0.25, -0.2) is 10.9 Å². The summed E-state index contributed by atoms with van der Waals surface area (Å²) in [4.78, 5) is 20.4. The van der Waals surface area contributed by atoms with E-state index in [1.54, 1.807) is 31.4 Å². The second kappa shape index (κ2) is 12.3. The number of anilines is 1. The van der Waals surface area contributed by atoms with E-state index < -0.39 is 13.2 Å². The molecule has 10 nitrogen and oxygen atoms in total. The molecule has 0 radical (unpaired) electrons. The Bertz CT molecular complexity index is 1390. The van der Waals surface area contributed by atoms with Gasteiger partial charge < -0.3 is 29.7 Å². The van der Waals surface area contributed by atoms with Crippen LogP contribution >= 0.6 is 11.6 Å². The van der Waals surface area contributed by atoms with Gasteiger partial charge in [0.1, 0.15) is 24.3 Å². The molecular weight excluding hydrogens is 533 g/mol. The number of hydrazine groups is 1. The summed E-state index contributed by atoms with van der Waals surface area (Å²) in [6.45, 7) is 2.55. The molecule has 2 heterocycles. The number of ether oxygens (including phenoxy) is 2. The zero-order valence-corrected chi connectivity index (χ0v) is 22.9. The first-order valence-corrected chi connectivity index (χ1v) is 13.4. The van der Waals surface area contributed by atoms with Crippen LogP contribution in [0.1, 0.15) is 24.5 Å². The third kappa shape index (κ3) is 6.09. The van der Waals surface area contributed by atoms with Gasteiger partial charge in [-0.3, -0.25) is 9.79 Å². The summed E-state index contributed by atoms with van der Waals surface area (Å²) < 4.78 is 11.2. The molecule has 3 aromatic rings. The first-order chi connectivity index (χ1) is 19.3. The lowest BCUT2D eigenvalue weighted by Crippen LogP contribution is -2.48. The number of nitrogens with one attached hydrogen (secondary N) is 3. The Kier molecular flexibility index (Phi) is 8.58. The highest BCUT2D eigenvalue weighted by atomic mass is 35.5. The minimum absolute atomic E-state index is 0.0518. The molecule has 1 fully saturated rings. The van der Waals surface area contributed by atoms with E-state index in [9.17, 15) is 14.8 Å². The fourth-order valence-corrected chi connectivity index (χ4v) is 5.10. The average molecular weight is 564 g/mol. The van der Waals surface area contributed by atoms with Crippen LogP contribution in [-0.2, 0) is 4.79 Å². The molecule has 0 aromatic heterocycles. The van der Waals surface area contributed by atoms with Crippen LogP contribution in [0.3, 0.4) is 0 Å². The number of benzene rings is 3. The van der Waals surface area contributed by atoms with Crippen molar-refractivity contribution < 1.29 is 24.3 Å². The Morgan fingerprint density at radius 3 is 2.65 bits per heavy atom. The molecule has 0 bridgehead atoms. The first kappa shape index (κ1) is 27.9. The molecule has 5 rings (SSSR count). The predicted molar refractivity (Wildman–Crippen MR) is 155 cm³/mol. The summed E-state index contributed by atoms with van der Waals surface area (Å²) in [5.41, 5.74) is 10.4. The normalized spacial score (nSPS) is 19.7. The Morgan fingerprint density at radius 2 is 1.90 bits per heavy atom. The van der Waals surface area contributed by atoms with Crippen molar-refractivity contribution in [1.29, 1.82) is 0 Å². The topological polar surface area (TPSA) is 128 Å². The quantitative estimate of drug-likeness (QED) is 0.195. The molecule has 1 saturated heterocycles. The number of amides is 1. The highest BCUT2D eigenvalue weighted by Crippen LogP contribution is 2.36. The Labute approximate surface area is 238 Å². The lowest BCUT2D eigenvalue weighted by molar-refractivity contribution is -0.121. The van der Waals surface area contributed by atoms with Crippen molar-refractivity contribution in [3.8, 4) is 11.5 Å². The second-order valence-electron chi connectivity index (χ2n) is 9.60. The minimum Gasteiger partial charge on any atom is -0.497 e. The Hall–Kier alpha value is -3.61. The number of rotatable bonds is 9. The minimum atomic E-state index is -1.57. The molecule has 3 unspecified atom stereocenters. The van der Waals surface area contributed by atoms with E-state index in [1.807, 2.05) is 49.4 Å². The van der Waals surface area contributed by atoms with Crippen LogP contribution in [0, 0.1) is 0 Å². The van der Waals surface area contributed by atoms with E-state index >= 15 is 0 Å². The van der Waals surface area contributed by atoms with Crippen molar-refractivity contribution in [1.82, 2.24) is 16.2 Å². The average Bonchev–Trinajstić information content (AvgIpc) is 3.28. The maximum Gasteiger partial charge on any atom is 0.488 e. The van der Waals surface area contributed by atoms with Gasteiger partial charge in [-0.2, -0.15) is 0 Å². The highest BCUT2D eigenvalue weighted by Gasteiger charge is 2.40. The van der Waals surface area contributed by atoms with Crippen LogP contribution in [0.4, 0.5) is 5.69 Å². The summed E-state index contributed by atoms with van der Waals surface area (Å²) >= 11 is 6.17. The van der Waals surface area contributed by atoms with E-state index in [0.717, 1.165) is 22.5 Å². The molecule has 208 valence electrons. The number of carbonyl (C=O) groups excluding carboxylic acids is 1. The van der Waals surface area contributed by atoms with Crippen molar-refractivity contribution in [2.24, 2.45) is 4.99 Å². The largest absolute Gasteiger partial charge is 0.497 e. The molecule has 3 atom stereocenters. The maximum atomic E-state index is 13.1. The molecule has 0 spiro atoms. The third-order valence-corrected chi connectivity index (χ3v) is 7.17. The predicted octanol–water partition coefficient (Wildman–Crippen LogP) is 1.42. The zero-order chi connectivity index (χ0) is 28.2. The summed E-state index contributed by atoms with van der Waals surface area (Å²) in [6, 6.07) is 19.5. The molecular formula is C28H31BClN5O5. The third-order valence-electron chi connectivity index (χ3n) is 6.91. The number of fused-ring (bicyclic) bond motifs is 3. The molecule has 5 N–H and O–H groups in total. The Morgan fingerprint density at radius 1 is 1.10 bits per heavy atom. The van der Waals surface area contributed by atoms with Gasteiger partial charge in [-0.15, -0.1) is 0 Å². The van der Waals surface area contributed by atoms with Crippen molar-refractivity contribution in [3.05, 3.63) is 82.9 Å². The lowest BCUT2D eigenvalue weighted by atomic mass is 9.80. The van der Waals surface area contributed by atoms with Gasteiger partial charge in [0.15, 0.2) is 0 Å². The van der Waals surface area contributed by atoms with Crippen LogP contribution < -0.4 is 36.0 Å². The van der Waals surface area contributed by atoms with Gasteiger partial charge >= 0.3 is 7.12 Å². The standard InChI is InChI=1S/C28H31BClN5O5/c1-17-33-34-28-24(16-26(36)31-12-13-40-22-5-3-4-19(14-22)29(37)38)32-27(18-6-8-20(30)9-7-18)23-15-21(39-2)10-11-25(23)35(17)28/h3-11,14-15,17,24,28,33-34,37-38H,12-13,16H2,1-2H3,(H,31,36). The molecule has 40 heavy (non-hydrogen) atoms. The molecule has 2 aliphatic heterocycles. The van der Waals surface area contributed by atoms with Crippen molar-refractivity contribution in [2.75, 3.05) is 25.2 Å². The van der Waals surface area contributed by atoms with Gasteiger partial charge in [0.2, 0.25) is 5.91 Å². The monoisotopic (exact) mass is 563 g/mol. The van der Waals surface area contributed by atoms with Crippen molar-refractivity contribution >= 4 is 41.5 Å². The zero-order valence-electron chi connectivity index (χ0n) is 22.2. The van der Waals surface area contributed by atoms with E-state index in [2.05, 4.69) is 21.1 Å². The molecule has 3 aromatic carbocycles. The van der Waals surface area contributed by atoms with Crippen LogP contribution in [0.5, 0.6) is 11.5 Å². The second-order valence-corrected chi connectivity index (χ2v) is 10.0. The van der Waals surface area contributed by atoms with Crippen LogP contribution in [0.25, 0.3) is 0 Å². The Balaban J connectivity index is 1.36. The fourth-order valence-electron chi connectivity index (χ4n) is 4.97. The molecule has 0 aliphatic carbocycles. The number of nitrogens with zero attached hydrogens (tertiary/aromatic N) is 2. The van der Waals surface area contributed by atoms with Crippen molar-refractivity contribution in [3.63, 3.8) is 0 Å². The van der Waals surface area contributed by atoms with Gasteiger partial charge in [-0.05, 0) is 54.9 Å². The molecule has 2 aliphatic rings. The summed E-state index contributed by atoms with van der Waals surface area (Å²) in [5.74, 6) is 1.03. The van der Waals surface area contributed by atoms with Crippen molar-refractivity contribution in [2.45, 2.75) is 31.7 Å². The summed E-state index contributed by atoms with van der Waals surface area (Å²) in [6.07, 6.45) is -0.192. The molecule has 12 heteroatoms. The summed E-state index contributed by atoms with van der Waals surface area (Å²) in [5, 5.41) is 22.2. The number of aliphatic imine (C=N–C) groups is 1. The van der Waals surface area contributed by atoms with E-state index in [0.29, 0.717) is 22.0 Å². The van der Waals surface area contributed by atoms with E-state index in [4.69, 9.17) is 26.1 Å². The maximum absolute atomic E-state index is 13.1. The smallest absolute Gasteiger partial charge is 0.488 e. The highest BCUT2D eigenvalue weighted by molar-refractivity contribution is 6.58. The van der Waals surface area contributed by atoms with Gasteiger partial charge in [-0.1, -0.05) is 35.9 Å². The number of methoxy groups -OCH3 is 1. The van der Waals surface area contributed by atoms with Crippen LogP contribution in [0.15, 0.2) is 71.7 Å². The van der Waals surface area contributed by atoms with Gasteiger partial charge in [0, 0.05) is 21.8 Å². The number of carbonyl (C=O) groups is 1. The lowest BCUT2D eigenvalue weighted by Gasteiger charge is -2.31. The number of hydrogen-bond acceptors (Lipinski definition) is 9.